The molecule has 2 N–H and O–H groups in total. The average Bonchev–Trinajstić information content (AvgIpc) is 2.53. The number of carbonyl (C=O) groups is 3. The van der Waals surface area contributed by atoms with Gasteiger partial charge in [0.25, 0.3) is 0 Å². The van der Waals surface area contributed by atoms with Crippen LogP contribution in [0.25, 0.3) is 0 Å². The monoisotopic (exact) mass is 335 g/mol. The Bertz CT molecular complexity index is 672. The zero-order valence-corrected chi connectivity index (χ0v) is 13.2. The van der Waals surface area contributed by atoms with Gasteiger partial charge in [0.1, 0.15) is 0 Å². The van der Waals surface area contributed by atoms with E-state index < -0.39 is 18.0 Å². The minimum Gasteiger partial charge on any atom is -0.545 e. The van der Waals surface area contributed by atoms with Gasteiger partial charge >= 0.3 is 12.0 Å². The maximum absolute atomic E-state index is 11.9. The second kappa shape index (κ2) is 7.68. The third kappa shape index (κ3) is 4.26. The highest BCUT2D eigenvalue weighted by atomic mass is 32.2. The average molecular weight is 335 g/mol. The van der Waals surface area contributed by atoms with Crippen LogP contribution in [0, 0.1) is 0 Å². The van der Waals surface area contributed by atoms with Crippen molar-refractivity contribution in [2.45, 2.75) is 11.8 Å². The number of carboxylic acids is 1. The van der Waals surface area contributed by atoms with Crippen LogP contribution in [0.3, 0.4) is 0 Å². The summed E-state index contributed by atoms with van der Waals surface area (Å²) in [5, 5.41) is 16.2. The van der Waals surface area contributed by atoms with Crippen molar-refractivity contribution in [2.24, 2.45) is 0 Å². The Hall–Kier alpha value is -2.48. The molecule has 2 amide bonds. The SMILES string of the molecule is CCOC(=O)C1=C(CSc2ccccc2C(=O)[O-])NC(=O)NC1. The van der Waals surface area contributed by atoms with E-state index in [4.69, 9.17) is 4.74 Å². The van der Waals surface area contributed by atoms with Crippen molar-refractivity contribution in [3.05, 3.63) is 41.1 Å². The molecular formula is C15H15N2O5S-. The molecule has 0 fully saturated rings. The molecule has 1 aliphatic heterocycles. The number of amides is 2. The number of carboxylic acid groups (broad SMARTS) is 1. The Morgan fingerprint density at radius 2 is 2.09 bits per heavy atom. The Morgan fingerprint density at radius 3 is 2.78 bits per heavy atom. The molecule has 2 rings (SSSR count). The molecule has 0 aliphatic carbocycles. The van der Waals surface area contributed by atoms with Crippen LogP contribution in [0.15, 0.2) is 40.4 Å². The van der Waals surface area contributed by atoms with Gasteiger partial charge in [0.15, 0.2) is 0 Å². The number of urea groups is 1. The summed E-state index contributed by atoms with van der Waals surface area (Å²) < 4.78 is 4.96. The molecule has 0 spiro atoms. The van der Waals surface area contributed by atoms with E-state index >= 15 is 0 Å². The fourth-order valence-corrected chi connectivity index (χ4v) is 3.01. The fourth-order valence-electron chi connectivity index (χ4n) is 1.98. The highest BCUT2D eigenvalue weighted by Gasteiger charge is 2.23. The lowest BCUT2D eigenvalue weighted by molar-refractivity contribution is -0.255. The quantitative estimate of drug-likeness (QED) is 0.571. The Kier molecular flexibility index (Phi) is 5.64. The molecule has 1 aromatic carbocycles. The van der Waals surface area contributed by atoms with E-state index in [1.165, 1.54) is 17.8 Å². The van der Waals surface area contributed by atoms with Gasteiger partial charge in [-0.2, -0.15) is 0 Å². The van der Waals surface area contributed by atoms with Crippen molar-refractivity contribution < 1.29 is 24.2 Å². The number of aromatic carboxylic acids is 1. The molecule has 0 radical (unpaired) electrons. The van der Waals surface area contributed by atoms with Crippen LogP contribution in [0.2, 0.25) is 0 Å². The Labute approximate surface area is 137 Å². The van der Waals surface area contributed by atoms with Crippen molar-refractivity contribution in [3.8, 4) is 0 Å². The van der Waals surface area contributed by atoms with E-state index in [9.17, 15) is 19.5 Å². The van der Waals surface area contributed by atoms with Crippen LogP contribution >= 0.6 is 11.8 Å². The number of carbonyl (C=O) groups excluding carboxylic acids is 3. The van der Waals surface area contributed by atoms with E-state index in [1.54, 1.807) is 25.1 Å². The maximum atomic E-state index is 11.9. The number of benzene rings is 1. The van der Waals surface area contributed by atoms with Crippen LogP contribution in [-0.2, 0) is 9.53 Å². The minimum atomic E-state index is -1.28. The maximum Gasteiger partial charge on any atom is 0.337 e. The molecule has 122 valence electrons. The second-order valence-electron chi connectivity index (χ2n) is 4.56. The molecule has 1 heterocycles. The van der Waals surface area contributed by atoms with Gasteiger partial charge in [-0.05, 0) is 13.0 Å². The van der Waals surface area contributed by atoms with E-state index in [1.807, 2.05) is 0 Å². The minimum absolute atomic E-state index is 0.0658. The Balaban J connectivity index is 2.20. The predicted octanol–water partition coefficient (Wildman–Crippen LogP) is 0.272. The normalized spacial score (nSPS) is 14.0. The fraction of sp³-hybridized carbons (Fsp3) is 0.267. The summed E-state index contributed by atoms with van der Waals surface area (Å²) in [5.74, 6) is -1.56. The Morgan fingerprint density at radius 1 is 1.35 bits per heavy atom. The number of hydrogen-bond donors (Lipinski definition) is 2. The van der Waals surface area contributed by atoms with Crippen molar-refractivity contribution in [1.82, 2.24) is 10.6 Å². The van der Waals surface area contributed by atoms with Crippen LogP contribution < -0.4 is 15.7 Å². The van der Waals surface area contributed by atoms with Crippen LogP contribution in [0.5, 0.6) is 0 Å². The molecule has 0 aromatic heterocycles. The number of esters is 1. The molecule has 1 aromatic rings. The van der Waals surface area contributed by atoms with E-state index in [2.05, 4.69) is 10.6 Å². The summed E-state index contributed by atoms with van der Waals surface area (Å²) >= 11 is 1.19. The van der Waals surface area contributed by atoms with Crippen LogP contribution in [0.4, 0.5) is 4.79 Å². The summed E-state index contributed by atoms with van der Waals surface area (Å²) in [7, 11) is 0. The molecule has 0 bridgehead atoms. The van der Waals surface area contributed by atoms with Gasteiger partial charge in [-0.25, -0.2) is 9.59 Å². The molecule has 0 atom stereocenters. The molecular weight excluding hydrogens is 320 g/mol. The van der Waals surface area contributed by atoms with E-state index in [0.717, 1.165) is 0 Å². The highest BCUT2D eigenvalue weighted by Crippen LogP contribution is 2.25. The first-order chi connectivity index (χ1) is 11.0. The van der Waals surface area contributed by atoms with Gasteiger partial charge in [-0.15, -0.1) is 11.8 Å². The van der Waals surface area contributed by atoms with Gasteiger partial charge in [0.2, 0.25) is 0 Å². The molecule has 8 heteroatoms. The van der Waals surface area contributed by atoms with Crippen molar-refractivity contribution in [2.75, 3.05) is 18.9 Å². The second-order valence-corrected chi connectivity index (χ2v) is 5.57. The molecule has 0 saturated carbocycles. The number of rotatable bonds is 6. The van der Waals surface area contributed by atoms with Gasteiger partial charge < -0.3 is 25.3 Å². The number of hydrogen-bond acceptors (Lipinski definition) is 6. The summed E-state index contributed by atoms with van der Waals surface area (Å²) in [6.07, 6.45) is 0. The van der Waals surface area contributed by atoms with Gasteiger partial charge in [-0.1, -0.05) is 18.2 Å². The van der Waals surface area contributed by atoms with Crippen molar-refractivity contribution in [3.63, 3.8) is 0 Å². The third-order valence-corrected chi connectivity index (χ3v) is 4.16. The van der Waals surface area contributed by atoms with Crippen molar-refractivity contribution in [1.29, 1.82) is 0 Å². The summed E-state index contributed by atoms with van der Waals surface area (Å²) in [6, 6.07) is 5.98. The van der Waals surface area contributed by atoms with Gasteiger partial charge in [0, 0.05) is 21.9 Å². The zero-order valence-electron chi connectivity index (χ0n) is 12.4. The summed E-state index contributed by atoms with van der Waals surface area (Å²) in [6.45, 7) is 1.99. The summed E-state index contributed by atoms with van der Waals surface area (Å²) in [5.41, 5.74) is 0.797. The topological polar surface area (TPSA) is 108 Å². The van der Waals surface area contributed by atoms with E-state index in [-0.39, 0.29) is 24.5 Å². The molecule has 7 nitrogen and oxygen atoms in total. The highest BCUT2D eigenvalue weighted by molar-refractivity contribution is 7.99. The van der Waals surface area contributed by atoms with E-state index in [0.29, 0.717) is 16.2 Å². The third-order valence-electron chi connectivity index (χ3n) is 3.06. The van der Waals surface area contributed by atoms with Crippen LogP contribution in [0.1, 0.15) is 17.3 Å². The standard InChI is InChI=1S/C15H16N2O5S/c1-2-22-14(20)10-7-16-15(21)17-11(10)8-23-12-6-4-3-5-9(12)13(18)19/h3-6H,2,7-8H2,1H3,(H,18,19)(H2,16,17,21)/p-1. The lowest BCUT2D eigenvalue weighted by Gasteiger charge is -2.21. The number of thioether (sulfide) groups is 1. The first-order valence-corrected chi connectivity index (χ1v) is 7.88. The first kappa shape index (κ1) is 16.9. The molecule has 1 aliphatic rings. The van der Waals surface area contributed by atoms with Gasteiger partial charge in [-0.3, -0.25) is 0 Å². The lowest BCUT2D eigenvalue weighted by Crippen LogP contribution is -2.44. The van der Waals surface area contributed by atoms with Crippen molar-refractivity contribution >= 4 is 29.7 Å². The lowest BCUT2D eigenvalue weighted by atomic mass is 10.2. The number of nitrogens with one attached hydrogen (secondary N) is 2. The predicted molar refractivity (Wildman–Crippen MR) is 81.7 cm³/mol. The largest absolute Gasteiger partial charge is 0.545 e. The molecule has 0 unspecified atom stereocenters. The van der Waals surface area contributed by atoms with Gasteiger partial charge in [0.05, 0.1) is 24.7 Å². The molecule has 0 saturated heterocycles. The zero-order chi connectivity index (χ0) is 16.8. The summed E-state index contributed by atoms with van der Waals surface area (Å²) in [4.78, 5) is 35.0. The number of ether oxygens (including phenoxy) is 1. The smallest absolute Gasteiger partial charge is 0.337 e. The molecule has 23 heavy (non-hydrogen) atoms. The first-order valence-electron chi connectivity index (χ1n) is 6.90. The van der Waals surface area contributed by atoms with Crippen LogP contribution in [-0.4, -0.2) is 36.9 Å².